The van der Waals surface area contributed by atoms with Gasteiger partial charge >= 0.3 is 0 Å². The van der Waals surface area contributed by atoms with Crippen molar-refractivity contribution in [2.24, 2.45) is 0 Å². The van der Waals surface area contributed by atoms with Crippen LogP contribution in [-0.2, 0) is 6.42 Å². The first-order valence-corrected chi connectivity index (χ1v) is 11.4. The molecule has 0 N–H and O–H groups in total. The van der Waals surface area contributed by atoms with Crippen LogP contribution in [0.1, 0.15) is 22.6 Å². The Kier molecular flexibility index (Phi) is 5.66. The van der Waals surface area contributed by atoms with Gasteiger partial charge in [-0.2, -0.15) is 0 Å². The van der Waals surface area contributed by atoms with Crippen molar-refractivity contribution >= 4 is 34.1 Å². The number of para-hydroxylation sites is 1. The number of aromatic nitrogens is 3. The van der Waals surface area contributed by atoms with Crippen molar-refractivity contribution in [2.45, 2.75) is 20.3 Å². The first-order chi connectivity index (χ1) is 15.6. The first kappa shape index (κ1) is 20.7. The fourth-order valence-corrected chi connectivity index (χ4v) is 4.50. The molecule has 0 bridgehead atoms. The van der Waals surface area contributed by atoms with Crippen molar-refractivity contribution in [1.82, 2.24) is 15.0 Å². The van der Waals surface area contributed by atoms with Gasteiger partial charge in [0, 0.05) is 54.3 Å². The van der Waals surface area contributed by atoms with Gasteiger partial charge in [-0.05, 0) is 49.7 Å². The van der Waals surface area contributed by atoms with E-state index >= 15 is 0 Å². The summed E-state index contributed by atoms with van der Waals surface area (Å²) >= 11 is 6.07. The molecular weight excluding hydrogens is 418 g/mol. The lowest BCUT2D eigenvalue weighted by molar-refractivity contribution is 0.637. The van der Waals surface area contributed by atoms with Gasteiger partial charge in [-0.25, -0.2) is 15.0 Å². The van der Waals surface area contributed by atoms with Crippen LogP contribution >= 0.6 is 11.6 Å². The smallest absolute Gasteiger partial charge is 0.136 e. The number of piperazine rings is 1. The summed E-state index contributed by atoms with van der Waals surface area (Å²) in [6.07, 6.45) is 0.797. The zero-order chi connectivity index (χ0) is 22.1. The number of hydrogen-bond acceptors (Lipinski definition) is 5. The number of rotatable bonds is 4. The topological polar surface area (TPSA) is 45.2 Å². The third kappa shape index (κ3) is 4.26. The van der Waals surface area contributed by atoms with Crippen molar-refractivity contribution in [3.63, 3.8) is 0 Å². The van der Waals surface area contributed by atoms with Crippen LogP contribution in [0.15, 0.2) is 60.7 Å². The Morgan fingerprint density at radius 2 is 1.50 bits per heavy atom. The highest BCUT2D eigenvalue weighted by Gasteiger charge is 2.23. The predicted molar refractivity (Wildman–Crippen MR) is 132 cm³/mol. The lowest BCUT2D eigenvalue weighted by atomic mass is 10.0. The Hall–Kier alpha value is -3.18. The summed E-state index contributed by atoms with van der Waals surface area (Å²) in [6.45, 7) is 7.67. The van der Waals surface area contributed by atoms with E-state index in [1.807, 2.05) is 25.1 Å². The van der Waals surface area contributed by atoms with E-state index in [0.29, 0.717) is 0 Å². The molecule has 1 aliphatic heterocycles. The monoisotopic (exact) mass is 443 g/mol. The van der Waals surface area contributed by atoms with Gasteiger partial charge in [0.15, 0.2) is 0 Å². The molecule has 0 amide bonds. The zero-order valence-corrected chi connectivity index (χ0v) is 19.2. The molecule has 2 aromatic carbocycles. The van der Waals surface area contributed by atoms with Crippen molar-refractivity contribution in [3.8, 4) is 0 Å². The summed E-state index contributed by atoms with van der Waals surface area (Å²) in [6, 6.07) is 20.6. The molecular formula is C26H26ClN5. The molecule has 0 unspecified atom stereocenters. The normalized spacial score (nSPS) is 14.2. The van der Waals surface area contributed by atoms with Crippen molar-refractivity contribution in [1.29, 1.82) is 0 Å². The van der Waals surface area contributed by atoms with Crippen molar-refractivity contribution < 1.29 is 0 Å². The fourth-order valence-electron chi connectivity index (χ4n) is 4.37. The number of halogens is 1. The van der Waals surface area contributed by atoms with E-state index < -0.39 is 0 Å². The molecule has 0 spiro atoms. The van der Waals surface area contributed by atoms with E-state index in [-0.39, 0.29) is 0 Å². The van der Waals surface area contributed by atoms with Crippen LogP contribution in [0.3, 0.4) is 0 Å². The number of hydrogen-bond donors (Lipinski definition) is 0. The SMILES string of the molecule is Cc1nc(C)c(Cc2ccc(Cl)cc2)c(N2CCN(c3ccc4ccccc4n3)CC2)n1. The second kappa shape index (κ2) is 8.75. The van der Waals surface area contributed by atoms with E-state index in [1.165, 1.54) is 16.5 Å². The number of nitrogens with zero attached hydrogens (tertiary/aromatic N) is 5. The molecule has 6 heteroatoms. The number of fused-ring (bicyclic) bond motifs is 1. The largest absolute Gasteiger partial charge is 0.353 e. The number of anilines is 2. The Balaban J connectivity index is 1.37. The number of pyridine rings is 1. The summed E-state index contributed by atoms with van der Waals surface area (Å²) in [5, 5.41) is 1.93. The quantitative estimate of drug-likeness (QED) is 0.433. The average Bonchev–Trinajstić information content (AvgIpc) is 2.82. The molecule has 1 aliphatic rings. The highest BCUT2D eigenvalue weighted by molar-refractivity contribution is 6.30. The average molecular weight is 444 g/mol. The minimum Gasteiger partial charge on any atom is -0.353 e. The molecule has 5 nitrogen and oxygen atoms in total. The molecule has 1 fully saturated rings. The summed E-state index contributed by atoms with van der Waals surface area (Å²) < 4.78 is 0. The molecule has 32 heavy (non-hydrogen) atoms. The first-order valence-electron chi connectivity index (χ1n) is 11.0. The van der Waals surface area contributed by atoms with E-state index in [9.17, 15) is 0 Å². The minimum atomic E-state index is 0.754. The third-order valence-electron chi connectivity index (χ3n) is 6.08. The summed E-state index contributed by atoms with van der Waals surface area (Å²) in [4.78, 5) is 19.1. The van der Waals surface area contributed by atoms with Gasteiger partial charge in [0.25, 0.3) is 0 Å². The minimum absolute atomic E-state index is 0.754. The van der Waals surface area contributed by atoms with Gasteiger partial charge in [0.1, 0.15) is 17.5 Å². The molecule has 1 saturated heterocycles. The molecule has 0 atom stereocenters. The second-order valence-corrected chi connectivity index (χ2v) is 8.73. The van der Waals surface area contributed by atoms with Gasteiger partial charge < -0.3 is 9.80 Å². The molecule has 3 heterocycles. The Morgan fingerprint density at radius 3 is 2.28 bits per heavy atom. The summed E-state index contributed by atoms with van der Waals surface area (Å²) in [7, 11) is 0. The molecule has 162 valence electrons. The van der Waals surface area contributed by atoms with E-state index in [1.54, 1.807) is 0 Å². The Morgan fingerprint density at radius 1 is 0.781 bits per heavy atom. The summed E-state index contributed by atoms with van der Waals surface area (Å²) in [5.41, 5.74) is 4.49. The van der Waals surface area contributed by atoms with Crippen LogP contribution in [0, 0.1) is 13.8 Å². The number of aryl methyl sites for hydroxylation is 2. The van der Waals surface area contributed by atoms with E-state index in [0.717, 1.165) is 66.3 Å². The van der Waals surface area contributed by atoms with Gasteiger partial charge in [-0.1, -0.05) is 41.9 Å². The Bertz CT molecular complexity index is 1250. The van der Waals surface area contributed by atoms with Crippen LogP contribution in [0.4, 0.5) is 11.6 Å². The van der Waals surface area contributed by atoms with E-state index in [4.69, 9.17) is 21.6 Å². The van der Waals surface area contributed by atoms with Crippen molar-refractivity contribution in [2.75, 3.05) is 36.0 Å². The van der Waals surface area contributed by atoms with Crippen LogP contribution in [0.2, 0.25) is 5.02 Å². The highest BCUT2D eigenvalue weighted by atomic mass is 35.5. The molecule has 2 aromatic heterocycles. The fraction of sp³-hybridized carbons (Fsp3) is 0.269. The molecule has 0 radical (unpaired) electrons. The highest BCUT2D eigenvalue weighted by Crippen LogP contribution is 2.27. The van der Waals surface area contributed by atoms with Gasteiger partial charge in [0.2, 0.25) is 0 Å². The van der Waals surface area contributed by atoms with Crippen LogP contribution in [-0.4, -0.2) is 41.1 Å². The maximum atomic E-state index is 6.07. The van der Waals surface area contributed by atoms with Crippen LogP contribution in [0.5, 0.6) is 0 Å². The molecule has 0 aliphatic carbocycles. The lowest BCUT2D eigenvalue weighted by Gasteiger charge is -2.37. The molecule has 5 rings (SSSR count). The van der Waals surface area contributed by atoms with Gasteiger partial charge in [-0.3, -0.25) is 0 Å². The number of benzene rings is 2. The lowest BCUT2D eigenvalue weighted by Crippen LogP contribution is -2.47. The van der Waals surface area contributed by atoms with Crippen LogP contribution in [0.25, 0.3) is 10.9 Å². The van der Waals surface area contributed by atoms with E-state index in [2.05, 4.69) is 64.2 Å². The maximum Gasteiger partial charge on any atom is 0.136 e. The second-order valence-electron chi connectivity index (χ2n) is 8.30. The van der Waals surface area contributed by atoms with Gasteiger partial charge in [-0.15, -0.1) is 0 Å². The zero-order valence-electron chi connectivity index (χ0n) is 18.4. The maximum absolute atomic E-state index is 6.07. The molecule has 4 aromatic rings. The Labute approximate surface area is 193 Å². The van der Waals surface area contributed by atoms with Gasteiger partial charge in [0.05, 0.1) is 5.52 Å². The predicted octanol–water partition coefficient (Wildman–Crippen LogP) is 5.21. The summed E-state index contributed by atoms with van der Waals surface area (Å²) in [5.74, 6) is 2.91. The van der Waals surface area contributed by atoms with Crippen molar-refractivity contribution in [3.05, 3.63) is 88.3 Å². The standard InChI is InChI=1S/C26H26ClN5/c1-18-23(17-20-7-10-22(27)11-8-20)26(29-19(2)28-18)32-15-13-31(14-16-32)25-12-9-21-5-3-4-6-24(21)30-25/h3-12H,13-17H2,1-2H3. The van der Waals surface area contributed by atoms with Crippen LogP contribution < -0.4 is 9.80 Å². The molecule has 0 saturated carbocycles. The third-order valence-corrected chi connectivity index (χ3v) is 6.34.